The zero-order valence-electron chi connectivity index (χ0n) is 16.3. The van der Waals surface area contributed by atoms with E-state index in [9.17, 15) is 14.4 Å². The molecule has 1 aliphatic rings. The second-order valence-corrected chi connectivity index (χ2v) is 6.83. The summed E-state index contributed by atoms with van der Waals surface area (Å²) >= 11 is 0. The van der Waals surface area contributed by atoms with E-state index in [0.717, 1.165) is 11.1 Å². The second-order valence-electron chi connectivity index (χ2n) is 6.83. The Bertz CT molecular complexity index is 1090. The van der Waals surface area contributed by atoms with Gasteiger partial charge in [-0.3, -0.25) is 19.3 Å². The van der Waals surface area contributed by atoms with Crippen LogP contribution < -0.4 is 10.1 Å². The van der Waals surface area contributed by atoms with Crippen LogP contribution in [0.4, 0.5) is 0 Å². The Hall–Kier alpha value is -4.00. The van der Waals surface area contributed by atoms with Crippen LogP contribution in [0.5, 0.6) is 5.88 Å². The lowest BCUT2D eigenvalue weighted by atomic mass is 10.1. The highest BCUT2D eigenvalue weighted by atomic mass is 16.5. The lowest BCUT2D eigenvalue weighted by molar-refractivity contribution is 0.0641. The number of benzene rings is 2. The number of hydrogen-bond donors (Lipinski definition) is 1. The molecule has 2 heterocycles. The summed E-state index contributed by atoms with van der Waals surface area (Å²) in [5, 5.41) is 2.84. The van der Waals surface area contributed by atoms with Gasteiger partial charge in [-0.2, -0.15) is 0 Å². The summed E-state index contributed by atoms with van der Waals surface area (Å²) in [6, 6.07) is 17.2. The molecule has 0 bridgehead atoms. The van der Waals surface area contributed by atoms with Gasteiger partial charge < -0.3 is 10.1 Å². The number of rotatable bonds is 6. The van der Waals surface area contributed by atoms with Crippen molar-refractivity contribution in [3.05, 3.63) is 94.7 Å². The molecular weight excluding hydrogens is 382 g/mol. The fourth-order valence-corrected chi connectivity index (χ4v) is 3.28. The number of nitrogens with zero attached hydrogens (tertiary/aromatic N) is 2. The Morgan fingerprint density at radius 1 is 0.967 bits per heavy atom. The first kappa shape index (κ1) is 19.3. The standard InChI is InChI=1S/C23H19N3O4/c1-30-20-12-16(10-11-24-20)13-25-21(27)17-8-6-15(7-9-17)14-26-22(28)18-4-2-3-5-19(18)23(26)29/h2-12H,13-14H2,1H3,(H,25,27). The van der Waals surface area contributed by atoms with Crippen molar-refractivity contribution in [3.8, 4) is 5.88 Å². The minimum absolute atomic E-state index is 0.158. The molecule has 1 aliphatic heterocycles. The lowest BCUT2D eigenvalue weighted by Crippen LogP contribution is -2.29. The number of pyridine rings is 1. The second kappa shape index (κ2) is 8.16. The number of imide groups is 1. The Kier molecular flexibility index (Phi) is 5.26. The van der Waals surface area contributed by atoms with E-state index in [2.05, 4.69) is 10.3 Å². The molecular formula is C23H19N3O4. The molecule has 7 heteroatoms. The summed E-state index contributed by atoms with van der Waals surface area (Å²) in [6.07, 6.45) is 1.62. The van der Waals surface area contributed by atoms with Crippen molar-refractivity contribution in [1.29, 1.82) is 0 Å². The number of fused-ring (bicyclic) bond motifs is 1. The van der Waals surface area contributed by atoms with Crippen LogP contribution in [-0.2, 0) is 13.1 Å². The first-order valence-corrected chi connectivity index (χ1v) is 9.38. The van der Waals surface area contributed by atoms with Gasteiger partial charge in [0.05, 0.1) is 24.8 Å². The molecule has 0 unspecified atom stereocenters. The van der Waals surface area contributed by atoms with Crippen molar-refractivity contribution in [3.63, 3.8) is 0 Å². The van der Waals surface area contributed by atoms with Crippen molar-refractivity contribution in [2.24, 2.45) is 0 Å². The first-order valence-electron chi connectivity index (χ1n) is 9.38. The van der Waals surface area contributed by atoms with Crippen molar-refractivity contribution < 1.29 is 19.1 Å². The number of carbonyl (C=O) groups is 3. The summed E-state index contributed by atoms with van der Waals surface area (Å²) < 4.78 is 5.07. The van der Waals surface area contributed by atoms with Crippen LogP contribution in [0.15, 0.2) is 66.9 Å². The average Bonchev–Trinajstić information content (AvgIpc) is 3.03. The summed E-state index contributed by atoms with van der Waals surface area (Å²) in [7, 11) is 1.54. The van der Waals surface area contributed by atoms with Crippen molar-refractivity contribution in [1.82, 2.24) is 15.2 Å². The number of amides is 3. The minimum atomic E-state index is -0.301. The highest BCUT2D eigenvalue weighted by molar-refractivity contribution is 6.21. The number of carbonyl (C=O) groups excluding carboxylic acids is 3. The molecule has 0 fully saturated rings. The molecule has 4 rings (SSSR count). The van der Waals surface area contributed by atoms with Crippen LogP contribution in [0.1, 0.15) is 42.2 Å². The van der Waals surface area contributed by atoms with Crippen LogP contribution in [0.25, 0.3) is 0 Å². The molecule has 1 aromatic heterocycles. The van der Waals surface area contributed by atoms with E-state index in [1.165, 1.54) is 12.0 Å². The van der Waals surface area contributed by atoms with E-state index in [0.29, 0.717) is 29.1 Å². The number of aromatic nitrogens is 1. The predicted molar refractivity (Wildman–Crippen MR) is 109 cm³/mol. The van der Waals surface area contributed by atoms with Crippen molar-refractivity contribution >= 4 is 17.7 Å². The van der Waals surface area contributed by atoms with Gasteiger partial charge >= 0.3 is 0 Å². The highest BCUT2D eigenvalue weighted by Gasteiger charge is 2.34. The molecule has 3 aromatic rings. The maximum Gasteiger partial charge on any atom is 0.261 e. The van der Waals surface area contributed by atoms with Gasteiger partial charge in [0.25, 0.3) is 17.7 Å². The lowest BCUT2D eigenvalue weighted by Gasteiger charge is -2.14. The fourth-order valence-electron chi connectivity index (χ4n) is 3.28. The third-order valence-electron chi connectivity index (χ3n) is 4.90. The Morgan fingerprint density at radius 3 is 2.27 bits per heavy atom. The Balaban J connectivity index is 1.39. The highest BCUT2D eigenvalue weighted by Crippen LogP contribution is 2.24. The van der Waals surface area contributed by atoms with Gasteiger partial charge in [0, 0.05) is 24.4 Å². The Morgan fingerprint density at radius 2 is 1.63 bits per heavy atom. The minimum Gasteiger partial charge on any atom is -0.481 e. The van der Waals surface area contributed by atoms with Crippen molar-refractivity contribution in [2.45, 2.75) is 13.1 Å². The summed E-state index contributed by atoms with van der Waals surface area (Å²) in [4.78, 5) is 42.6. The molecule has 0 aliphatic carbocycles. The van der Waals surface area contributed by atoms with Crippen molar-refractivity contribution in [2.75, 3.05) is 7.11 Å². The first-order chi connectivity index (χ1) is 14.6. The quantitative estimate of drug-likeness (QED) is 0.642. The number of nitrogens with one attached hydrogen (secondary N) is 1. The molecule has 3 amide bonds. The smallest absolute Gasteiger partial charge is 0.261 e. The summed E-state index contributed by atoms with van der Waals surface area (Å²) in [5.74, 6) is -0.340. The van der Waals surface area contributed by atoms with Crippen LogP contribution >= 0.6 is 0 Å². The maximum atomic E-state index is 12.5. The van der Waals surface area contributed by atoms with Gasteiger partial charge in [0.1, 0.15) is 0 Å². The van der Waals surface area contributed by atoms with Gasteiger partial charge in [-0.05, 0) is 41.5 Å². The fraction of sp³-hybridized carbons (Fsp3) is 0.130. The van der Waals surface area contributed by atoms with Gasteiger partial charge in [-0.1, -0.05) is 24.3 Å². The van der Waals surface area contributed by atoms with Crippen LogP contribution in [0.3, 0.4) is 0 Å². The largest absolute Gasteiger partial charge is 0.481 e. The van der Waals surface area contributed by atoms with E-state index in [4.69, 9.17) is 4.74 Å². The number of methoxy groups -OCH3 is 1. The third-order valence-corrected chi connectivity index (χ3v) is 4.90. The van der Waals surface area contributed by atoms with Crippen LogP contribution in [0, 0.1) is 0 Å². The monoisotopic (exact) mass is 401 g/mol. The number of ether oxygens (including phenoxy) is 1. The van der Waals surface area contributed by atoms with Crippen LogP contribution in [0.2, 0.25) is 0 Å². The SMILES string of the molecule is COc1cc(CNC(=O)c2ccc(CN3C(=O)c4ccccc4C3=O)cc2)ccn1. The Labute approximate surface area is 173 Å². The molecule has 1 N–H and O–H groups in total. The molecule has 0 saturated carbocycles. The molecule has 0 atom stereocenters. The molecule has 30 heavy (non-hydrogen) atoms. The molecule has 7 nitrogen and oxygen atoms in total. The van der Waals surface area contributed by atoms with Gasteiger partial charge in [0.15, 0.2) is 0 Å². The van der Waals surface area contributed by atoms with Crippen LogP contribution in [-0.4, -0.2) is 34.7 Å². The molecule has 0 saturated heterocycles. The van der Waals surface area contributed by atoms with Gasteiger partial charge in [-0.25, -0.2) is 4.98 Å². The zero-order chi connectivity index (χ0) is 21.1. The van der Waals surface area contributed by atoms with E-state index >= 15 is 0 Å². The van der Waals surface area contributed by atoms with E-state index < -0.39 is 0 Å². The molecule has 2 aromatic carbocycles. The van der Waals surface area contributed by atoms with E-state index in [-0.39, 0.29) is 24.3 Å². The van der Waals surface area contributed by atoms with E-state index in [1.807, 2.05) is 0 Å². The maximum absolute atomic E-state index is 12.5. The van der Waals surface area contributed by atoms with E-state index in [1.54, 1.807) is 66.9 Å². The zero-order valence-corrected chi connectivity index (χ0v) is 16.3. The summed E-state index contributed by atoms with van der Waals surface area (Å²) in [6.45, 7) is 0.500. The normalized spacial score (nSPS) is 12.6. The summed E-state index contributed by atoms with van der Waals surface area (Å²) in [5.41, 5.74) is 2.97. The third kappa shape index (κ3) is 3.77. The topological polar surface area (TPSA) is 88.6 Å². The van der Waals surface area contributed by atoms with Gasteiger partial charge in [-0.15, -0.1) is 0 Å². The molecule has 150 valence electrons. The number of hydrogen-bond acceptors (Lipinski definition) is 5. The average molecular weight is 401 g/mol. The predicted octanol–water partition coefficient (Wildman–Crippen LogP) is 2.82. The molecule has 0 radical (unpaired) electrons. The van der Waals surface area contributed by atoms with Gasteiger partial charge in [0.2, 0.25) is 5.88 Å². The molecule has 0 spiro atoms.